The zero-order valence-electron chi connectivity index (χ0n) is 34.8. The summed E-state index contributed by atoms with van der Waals surface area (Å²) in [4.78, 5) is 0. The maximum atomic E-state index is 14.5. The van der Waals surface area contributed by atoms with Crippen molar-refractivity contribution in [1.29, 1.82) is 0 Å². The molecule has 1 aliphatic rings. The lowest BCUT2D eigenvalue weighted by Crippen LogP contribution is -2.31. The fraction of sp³-hybridized carbons (Fsp3) is 0.345. The van der Waals surface area contributed by atoms with Gasteiger partial charge in [-0.1, -0.05) is 181 Å². The van der Waals surface area contributed by atoms with Gasteiger partial charge in [-0.15, -0.1) is 0 Å². The quantitative estimate of drug-likeness (QED) is 0.110. The largest absolute Gasteiger partial charge is 0.207 e. The SMILES string of the molecule is CCC(CCc1cccc(C(C)(CCc2cc(C3(c4ccccc4)CCCCC3)ccc2C(C)(C)C)c2ccc(F)cc2)c1)(c1ccccc1)c1ccc(F)cc1. The Balaban J connectivity index is 1.25. The van der Waals surface area contributed by atoms with E-state index in [-0.39, 0.29) is 33.3 Å². The molecule has 0 aromatic heterocycles. The third-order valence-electron chi connectivity index (χ3n) is 13.6. The Morgan fingerprint density at radius 1 is 0.509 bits per heavy atom. The molecule has 0 amide bonds. The molecule has 0 spiro atoms. The normalized spacial score (nSPS) is 16.4. The maximum Gasteiger partial charge on any atom is 0.123 e. The number of rotatable bonds is 13. The molecule has 0 radical (unpaired) electrons. The van der Waals surface area contributed by atoms with Crippen molar-refractivity contribution in [3.05, 3.63) is 213 Å². The maximum absolute atomic E-state index is 14.5. The number of hydrogen-bond donors (Lipinski definition) is 0. The Morgan fingerprint density at radius 2 is 1.09 bits per heavy atom. The van der Waals surface area contributed by atoms with Crippen molar-refractivity contribution in [1.82, 2.24) is 0 Å². The van der Waals surface area contributed by atoms with Gasteiger partial charge in [-0.25, -0.2) is 8.78 Å². The van der Waals surface area contributed by atoms with E-state index in [4.69, 9.17) is 0 Å². The van der Waals surface area contributed by atoms with Crippen molar-refractivity contribution in [2.75, 3.05) is 0 Å². The van der Waals surface area contributed by atoms with Gasteiger partial charge in [0.25, 0.3) is 0 Å². The topological polar surface area (TPSA) is 0 Å². The average Bonchev–Trinajstić information content (AvgIpc) is 3.24. The van der Waals surface area contributed by atoms with E-state index in [0.29, 0.717) is 0 Å². The van der Waals surface area contributed by atoms with Crippen molar-refractivity contribution in [3.8, 4) is 0 Å². The van der Waals surface area contributed by atoms with Crippen molar-refractivity contribution in [3.63, 3.8) is 0 Å². The molecule has 7 rings (SSSR count). The third-order valence-corrected chi connectivity index (χ3v) is 13.6. The second kappa shape index (κ2) is 17.0. The summed E-state index contributed by atoms with van der Waals surface area (Å²) in [7, 11) is 0. The van der Waals surface area contributed by atoms with Crippen LogP contribution in [0.5, 0.6) is 0 Å². The van der Waals surface area contributed by atoms with Gasteiger partial charge in [0.2, 0.25) is 0 Å². The predicted octanol–water partition coefficient (Wildman–Crippen LogP) is 14.8. The second-order valence-electron chi connectivity index (χ2n) is 18.0. The Labute approximate surface area is 341 Å². The zero-order chi connectivity index (χ0) is 40.1. The number of benzene rings is 6. The molecule has 0 bridgehead atoms. The van der Waals surface area contributed by atoms with Crippen LogP contribution in [0.2, 0.25) is 0 Å². The first-order chi connectivity index (χ1) is 27.5. The first-order valence-corrected chi connectivity index (χ1v) is 21.3. The van der Waals surface area contributed by atoms with Gasteiger partial charge in [0.05, 0.1) is 0 Å². The Hall–Kier alpha value is -4.82. The van der Waals surface area contributed by atoms with Gasteiger partial charge in [0.1, 0.15) is 11.6 Å². The Bertz CT molecular complexity index is 2210. The van der Waals surface area contributed by atoms with Gasteiger partial charge in [0.15, 0.2) is 0 Å². The van der Waals surface area contributed by atoms with Crippen LogP contribution in [-0.2, 0) is 34.5 Å². The summed E-state index contributed by atoms with van der Waals surface area (Å²) in [6.07, 6.45) is 10.6. The molecule has 6 aromatic carbocycles. The first-order valence-electron chi connectivity index (χ1n) is 21.3. The van der Waals surface area contributed by atoms with E-state index in [0.717, 1.165) is 43.2 Å². The van der Waals surface area contributed by atoms with E-state index in [1.54, 1.807) is 24.3 Å². The van der Waals surface area contributed by atoms with Gasteiger partial charge in [-0.05, 0) is 125 Å². The summed E-state index contributed by atoms with van der Waals surface area (Å²) in [6.45, 7) is 11.6. The predicted molar refractivity (Wildman–Crippen MR) is 235 cm³/mol. The van der Waals surface area contributed by atoms with Gasteiger partial charge in [-0.3, -0.25) is 0 Å². The summed E-state index contributed by atoms with van der Waals surface area (Å²) in [6, 6.07) is 52.8. The monoisotopic (exact) mass is 758 g/mol. The molecular formula is C55H60F2. The molecule has 2 unspecified atom stereocenters. The summed E-state index contributed by atoms with van der Waals surface area (Å²) >= 11 is 0. The highest BCUT2D eigenvalue weighted by Crippen LogP contribution is 2.47. The van der Waals surface area contributed by atoms with Crippen LogP contribution < -0.4 is 0 Å². The Morgan fingerprint density at radius 3 is 1.70 bits per heavy atom. The molecule has 1 fully saturated rings. The summed E-state index contributed by atoms with van der Waals surface area (Å²) in [5.41, 5.74) is 11.1. The number of aryl methyl sites for hydroxylation is 2. The molecule has 0 aliphatic heterocycles. The summed E-state index contributed by atoms with van der Waals surface area (Å²) in [5, 5.41) is 0. The van der Waals surface area contributed by atoms with Crippen LogP contribution in [0.1, 0.15) is 136 Å². The average molecular weight is 759 g/mol. The lowest BCUT2D eigenvalue weighted by atomic mass is 9.64. The Kier molecular flexibility index (Phi) is 12.0. The summed E-state index contributed by atoms with van der Waals surface area (Å²) in [5.74, 6) is -0.426. The lowest BCUT2D eigenvalue weighted by Gasteiger charge is -2.40. The first kappa shape index (κ1) is 40.4. The van der Waals surface area contributed by atoms with Crippen LogP contribution in [0.3, 0.4) is 0 Å². The van der Waals surface area contributed by atoms with Crippen LogP contribution in [0, 0.1) is 11.6 Å². The number of halogens is 2. The van der Waals surface area contributed by atoms with E-state index >= 15 is 0 Å². The van der Waals surface area contributed by atoms with Crippen LogP contribution in [0.15, 0.2) is 152 Å². The van der Waals surface area contributed by atoms with Gasteiger partial charge in [-0.2, -0.15) is 0 Å². The molecule has 6 aromatic rings. The standard InChI is InChI=1S/C55H60F2/c1-6-54(44-18-10-7-11-19-44,46-25-30-50(57)31-26-46)38-33-41-17-16-22-47(39-41)53(5,43-23-28-49(56)29-24-43)37-34-42-40-48(27-32-51(42)52(2,3)4)55(35-14-9-15-36-55)45-20-12-8-13-21-45/h7-8,10-13,16-32,39-40H,6,9,14-15,33-38H2,1-5H3. The second-order valence-corrected chi connectivity index (χ2v) is 18.0. The van der Waals surface area contributed by atoms with Crippen molar-refractivity contribution in [2.24, 2.45) is 0 Å². The molecule has 2 heteroatoms. The molecule has 0 nitrogen and oxygen atoms in total. The molecule has 1 saturated carbocycles. The molecule has 2 atom stereocenters. The minimum absolute atomic E-state index is 0.0123. The van der Waals surface area contributed by atoms with E-state index in [1.807, 2.05) is 24.3 Å². The molecular weight excluding hydrogens is 699 g/mol. The van der Waals surface area contributed by atoms with Crippen molar-refractivity contribution >= 4 is 0 Å². The van der Waals surface area contributed by atoms with E-state index in [9.17, 15) is 8.78 Å². The van der Waals surface area contributed by atoms with Crippen molar-refractivity contribution in [2.45, 2.75) is 120 Å². The van der Waals surface area contributed by atoms with Crippen molar-refractivity contribution < 1.29 is 8.78 Å². The summed E-state index contributed by atoms with van der Waals surface area (Å²) < 4.78 is 28.7. The highest BCUT2D eigenvalue weighted by molar-refractivity contribution is 5.47. The molecule has 1 aliphatic carbocycles. The fourth-order valence-electron chi connectivity index (χ4n) is 10.1. The van der Waals surface area contributed by atoms with Gasteiger partial charge in [0, 0.05) is 16.2 Å². The van der Waals surface area contributed by atoms with E-state index in [1.165, 1.54) is 71.0 Å². The van der Waals surface area contributed by atoms with Crippen LogP contribution in [0.25, 0.3) is 0 Å². The van der Waals surface area contributed by atoms with E-state index < -0.39 is 0 Å². The van der Waals surface area contributed by atoms with Gasteiger partial charge < -0.3 is 0 Å². The highest BCUT2D eigenvalue weighted by atomic mass is 19.1. The lowest BCUT2D eigenvalue weighted by molar-refractivity contribution is 0.345. The smallest absolute Gasteiger partial charge is 0.123 e. The zero-order valence-corrected chi connectivity index (χ0v) is 34.8. The minimum atomic E-state index is -0.366. The highest BCUT2D eigenvalue weighted by Gasteiger charge is 2.37. The molecule has 57 heavy (non-hydrogen) atoms. The van der Waals surface area contributed by atoms with Gasteiger partial charge >= 0.3 is 0 Å². The van der Waals surface area contributed by atoms with Crippen LogP contribution in [-0.4, -0.2) is 0 Å². The molecule has 0 heterocycles. The third kappa shape index (κ3) is 8.43. The van der Waals surface area contributed by atoms with Crippen LogP contribution >= 0.6 is 0 Å². The molecule has 294 valence electrons. The molecule has 0 saturated heterocycles. The number of hydrogen-bond acceptors (Lipinski definition) is 0. The minimum Gasteiger partial charge on any atom is -0.207 e. The van der Waals surface area contributed by atoms with E-state index in [2.05, 4.69) is 138 Å². The van der Waals surface area contributed by atoms with Crippen LogP contribution in [0.4, 0.5) is 8.78 Å². The molecule has 0 N–H and O–H groups in total. The fourth-order valence-corrected chi connectivity index (χ4v) is 10.1.